The van der Waals surface area contributed by atoms with Crippen LogP contribution in [0, 0.1) is 5.41 Å². The summed E-state index contributed by atoms with van der Waals surface area (Å²) in [6.07, 6.45) is 3.89. The molecule has 0 amide bonds. The summed E-state index contributed by atoms with van der Waals surface area (Å²) in [5.41, 5.74) is 0.822. The second-order valence-corrected chi connectivity index (χ2v) is 8.77. The van der Waals surface area contributed by atoms with E-state index in [0.717, 1.165) is 24.8 Å². The van der Waals surface area contributed by atoms with E-state index in [1.54, 1.807) is 34.6 Å². The smallest absolute Gasteiger partial charge is 0.324 e. The zero-order valence-electron chi connectivity index (χ0n) is 18.8. The number of rotatable bonds is 8. The Balaban J connectivity index is 2.44. The van der Waals surface area contributed by atoms with E-state index in [1.165, 1.54) is 17.5 Å². The minimum atomic E-state index is -1.78. The van der Waals surface area contributed by atoms with Crippen molar-refractivity contribution in [2.24, 2.45) is 5.41 Å². The van der Waals surface area contributed by atoms with Crippen molar-refractivity contribution < 1.29 is 28.6 Å². The molecule has 1 aliphatic rings. The Morgan fingerprint density at radius 2 is 1.47 bits per heavy atom. The number of esters is 3. The maximum Gasteiger partial charge on any atom is 0.324 e. The molecule has 1 aliphatic carbocycles. The molecule has 0 atom stereocenters. The fourth-order valence-electron chi connectivity index (χ4n) is 3.84. The lowest BCUT2D eigenvalue weighted by atomic mass is 9.77. The Hall–Kier alpha value is -2.37. The first-order valence-corrected chi connectivity index (χ1v) is 10.8. The monoisotopic (exact) mass is 418 g/mol. The van der Waals surface area contributed by atoms with Crippen molar-refractivity contribution in [3.8, 4) is 0 Å². The molecule has 0 fully saturated rings. The van der Waals surface area contributed by atoms with Crippen LogP contribution < -0.4 is 0 Å². The summed E-state index contributed by atoms with van der Waals surface area (Å²) < 4.78 is 15.9. The predicted octanol–water partition coefficient (Wildman–Crippen LogP) is 3.95. The molecule has 1 aromatic carbocycles. The summed E-state index contributed by atoms with van der Waals surface area (Å²) in [6, 6.07) is 6.02. The topological polar surface area (TPSA) is 78.9 Å². The Kier molecular flexibility index (Phi) is 8.04. The SMILES string of the molecule is CCOC(=O)C(CC(=O)OC(C)(C)C)(Cc1ccc2c(c1)CCCC2)C(=O)OCC. The molecule has 1 aromatic rings. The lowest BCUT2D eigenvalue weighted by molar-refractivity contribution is -0.179. The van der Waals surface area contributed by atoms with E-state index in [0.29, 0.717) is 0 Å². The molecule has 0 bridgehead atoms. The van der Waals surface area contributed by atoms with Crippen LogP contribution in [0.5, 0.6) is 0 Å². The molecule has 0 saturated heterocycles. The highest BCUT2D eigenvalue weighted by molar-refractivity contribution is 6.03. The summed E-state index contributed by atoms with van der Waals surface area (Å²) in [6.45, 7) is 8.75. The minimum absolute atomic E-state index is 0.0250. The van der Waals surface area contributed by atoms with Crippen molar-refractivity contribution in [3.05, 3.63) is 34.9 Å². The number of carbonyl (C=O) groups is 3. The number of hydrogen-bond acceptors (Lipinski definition) is 6. The van der Waals surface area contributed by atoms with Gasteiger partial charge in [0.25, 0.3) is 0 Å². The minimum Gasteiger partial charge on any atom is -0.465 e. The second kappa shape index (κ2) is 10.1. The molecule has 0 spiro atoms. The van der Waals surface area contributed by atoms with Crippen molar-refractivity contribution in [1.29, 1.82) is 0 Å². The van der Waals surface area contributed by atoms with Crippen LogP contribution in [-0.4, -0.2) is 36.7 Å². The maximum atomic E-state index is 13.0. The molecule has 0 heterocycles. The van der Waals surface area contributed by atoms with Crippen LogP contribution in [0.4, 0.5) is 0 Å². The number of carbonyl (C=O) groups excluding carboxylic acids is 3. The van der Waals surface area contributed by atoms with Gasteiger partial charge in [-0.3, -0.25) is 14.4 Å². The Morgan fingerprint density at radius 1 is 0.900 bits per heavy atom. The highest BCUT2D eigenvalue weighted by Crippen LogP contribution is 2.34. The summed E-state index contributed by atoms with van der Waals surface area (Å²) >= 11 is 0. The van der Waals surface area contributed by atoms with E-state index >= 15 is 0 Å². The summed E-state index contributed by atoms with van der Waals surface area (Å²) in [5, 5.41) is 0. The summed E-state index contributed by atoms with van der Waals surface area (Å²) in [7, 11) is 0. The third kappa shape index (κ3) is 6.07. The molecular weight excluding hydrogens is 384 g/mol. The van der Waals surface area contributed by atoms with E-state index < -0.39 is 35.3 Å². The largest absolute Gasteiger partial charge is 0.465 e. The summed E-state index contributed by atoms with van der Waals surface area (Å²) in [4.78, 5) is 38.8. The van der Waals surface area contributed by atoms with Crippen LogP contribution >= 0.6 is 0 Å². The van der Waals surface area contributed by atoms with Gasteiger partial charge in [-0.1, -0.05) is 18.2 Å². The van der Waals surface area contributed by atoms with Gasteiger partial charge in [0.2, 0.25) is 0 Å². The van der Waals surface area contributed by atoms with Crippen molar-refractivity contribution >= 4 is 17.9 Å². The van der Waals surface area contributed by atoms with Gasteiger partial charge in [-0.25, -0.2) is 0 Å². The number of ether oxygens (including phenoxy) is 3. The van der Waals surface area contributed by atoms with Crippen molar-refractivity contribution in [2.75, 3.05) is 13.2 Å². The molecule has 6 heteroatoms. The molecule has 6 nitrogen and oxygen atoms in total. The lowest BCUT2D eigenvalue weighted by Crippen LogP contribution is -2.46. The molecule has 0 saturated carbocycles. The van der Waals surface area contributed by atoms with Gasteiger partial charge in [-0.15, -0.1) is 0 Å². The number of aryl methyl sites for hydroxylation is 2. The maximum absolute atomic E-state index is 13.0. The fourth-order valence-corrected chi connectivity index (χ4v) is 3.84. The third-order valence-electron chi connectivity index (χ3n) is 5.12. The molecule has 0 radical (unpaired) electrons. The van der Waals surface area contributed by atoms with Gasteiger partial charge in [0.15, 0.2) is 5.41 Å². The predicted molar refractivity (Wildman–Crippen MR) is 113 cm³/mol. The zero-order chi connectivity index (χ0) is 22.4. The lowest BCUT2D eigenvalue weighted by Gasteiger charge is -2.30. The highest BCUT2D eigenvalue weighted by Gasteiger charge is 2.51. The molecule has 0 unspecified atom stereocenters. The number of benzene rings is 1. The van der Waals surface area contributed by atoms with E-state index in [4.69, 9.17) is 14.2 Å². The van der Waals surface area contributed by atoms with Crippen LogP contribution in [0.1, 0.15) is 70.6 Å². The van der Waals surface area contributed by atoms with Crippen LogP contribution in [-0.2, 0) is 47.9 Å². The molecule has 0 aliphatic heterocycles. The first kappa shape index (κ1) is 23.9. The van der Waals surface area contributed by atoms with Crippen LogP contribution in [0.3, 0.4) is 0 Å². The van der Waals surface area contributed by atoms with Crippen LogP contribution in [0.2, 0.25) is 0 Å². The highest BCUT2D eigenvalue weighted by atomic mass is 16.6. The molecule has 0 N–H and O–H groups in total. The van der Waals surface area contributed by atoms with Gasteiger partial charge >= 0.3 is 17.9 Å². The van der Waals surface area contributed by atoms with Crippen LogP contribution in [0.25, 0.3) is 0 Å². The summed E-state index contributed by atoms with van der Waals surface area (Å²) in [5.74, 6) is -2.15. The first-order chi connectivity index (χ1) is 14.1. The van der Waals surface area contributed by atoms with E-state index in [2.05, 4.69) is 6.07 Å². The molecular formula is C24H34O6. The van der Waals surface area contributed by atoms with Gasteiger partial charge in [0, 0.05) is 0 Å². The Morgan fingerprint density at radius 3 is 2.00 bits per heavy atom. The Labute approximate surface area is 179 Å². The molecule has 2 rings (SSSR count). The molecule has 0 aromatic heterocycles. The van der Waals surface area contributed by atoms with Gasteiger partial charge in [-0.05, 0) is 83.4 Å². The average Bonchev–Trinajstić information content (AvgIpc) is 2.66. The normalized spacial score (nSPS) is 13.9. The van der Waals surface area contributed by atoms with Crippen molar-refractivity contribution in [2.45, 2.75) is 78.7 Å². The quantitative estimate of drug-likeness (QED) is 0.361. The average molecular weight is 419 g/mol. The van der Waals surface area contributed by atoms with E-state index in [9.17, 15) is 14.4 Å². The number of hydrogen-bond donors (Lipinski definition) is 0. The molecule has 30 heavy (non-hydrogen) atoms. The molecule has 166 valence electrons. The standard InChI is InChI=1S/C24H34O6/c1-6-28-21(26)24(22(27)29-7-2,16-20(25)30-23(3,4)5)15-17-12-13-18-10-8-9-11-19(18)14-17/h12-14H,6-11,15-16H2,1-5H3. The van der Waals surface area contributed by atoms with Gasteiger partial charge < -0.3 is 14.2 Å². The number of fused-ring (bicyclic) bond motifs is 1. The van der Waals surface area contributed by atoms with Gasteiger partial charge in [-0.2, -0.15) is 0 Å². The fraction of sp³-hybridized carbons (Fsp3) is 0.625. The van der Waals surface area contributed by atoms with Crippen LogP contribution in [0.15, 0.2) is 18.2 Å². The van der Waals surface area contributed by atoms with Gasteiger partial charge in [0.05, 0.1) is 19.6 Å². The second-order valence-electron chi connectivity index (χ2n) is 8.77. The van der Waals surface area contributed by atoms with E-state index in [1.807, 2.05) is 12.1 Å². The van der Waals surface area contributed by atoms with E-state index in [-0.39, 0.29) is 19.6 Å². The Bertz CT molecular complexity index is 756. The van der Waals surface area contributed by atoms with Crippen molar-refractivity contribution in [1.82, 2.24) is 0 Å². The first-order valence-electron chi connectivity index (χ1n) is 10.8. The van der Waals surface area contributed by atoms with Crippen molar-refractivity contribution in [3.63, 3.8) is 0 Å². The zero-order valence-corrected chi connectivity index (χ0v) is 18.8. The van der Waals surface area contributed by atoms with Gasteiger partial charge in [0.1, 0.15) is 5.60 Å². The third-order valence-corrected chi connectivity index (χ3v) is 5.12.